The maximum absolute atomic E-state index is 14.1. The minimum Gasteiger partial charge on any atom is -0.354 e. The van der Waals surface area contributed by atoms with Crippen LogP contribution in [0.2, 0.25) is 10.0 Å². The lowest BCUT2D eigenvalue weighted by Gasteiger charge is -2.34. The molecule has 0 radical (unpaired) electrons. The third-order valence-electron chi connectivity index (χ3n) is 6.42. The fraction of sp³-hybridized carbons (Fsp3) is 0.333. The van der Waals surface area contributed by atoms with Crippen molar-refractivity contribution >= 4 is 50.7 Å². The molecule has 0 unspecified atom stereocenters. The number of carbonyl (C=O) groups excluding carboxylic acids is 2. The van der Waals surface area contributed by atoms with E-state index in [2.05, 4.69) is 5.32 Å². The van der Waals surface area contributed by atoms with E-state index in [1.54, 1.807) is 67.6 Å². The first-order valence-corrected chi connectivity index (χ1v) is 15.3. The van der Waals surface area contributed by atoms with Crippen molar-refractivity contribution in [2.75, 3.05) is 17.4 Å². The Hall–Kier alpha value is -3.07. The number of carbonyl (C=O) groups is 2. The number of hydrogen-bond acceptors (Lipinski definition) is 4. The SMILES string of the molecule is CC[C@H](C(=O)NCC(C)C)N(Cc1ccc(Cl)cc1Cl)C(=O)CN(c1ccccc1C)S(=O)(=O)c1ccccc1. The summed E-state index contributed by atoms with van der Waals surface area (Å²) in [5.74, 6) is -0.646. The molecule has 0 spiro atoms. The highest BCUT2D eigenvalue weighted by atomic mass is 35.5. The molecule has 3 aromatic rings. The van der Waals surface area contributed by atoms with Crippen LogP contribution in [-0.4, -0.2) is 44.3 Å². The van der Waals surface area contributed by atoms with Gasteiger partial charge in [-0.2, -0.15) is 0 Å². The number of anilines is 1. The molecular weight excluding hydrogens is 569 g/mol. The first-order chi connectivity index (χ1) is 18.9. The summed E-state index contributed by atoms with van der Waals surface area (Å²) in [6, 6.07) is 19.0. The summed E-state index contributed by atoms with van der Waals surface area (Å²) in [6.07, 6.45) is 0.316. The van der Waals surface area contributed by atoms with Gasteiger partial charge in [0.2, 0.25) is 11.8 Å². The Labute approximate surface area is 247 Å². The lowest BCUT2D eigenvalue weighted by Crippen LogP contribution is -2.52. The van der Waals surface area contributed by atoms with Crippen molar-refractivity contribution in [3.63, 3.8) is 0 Å². The highest BCUT2D eigenvalue weighted by molar-refractivity contribution is 7.92. The van der Waals surface area contributed by atoms with Crippen LogP contribution < -0.4 is 9.62 Å². The number of benzene rings is 3. The minimum absolute atomic E-state index is 0.00453. The van der Waals surface area contributed by atoms with Crippen molar-refractivity contribution in [1.82, 2.24) is 10.2 Å². The maximum Gasteiger partial charge on any atom is 0.264 e. The molecule has 0 bridgehead atoms. The van der Waals surface area contributed by atoms with Gasteiger partial charge in [-0.15, -0.1) is 0 Å². The quantitative estimate of drug-likeness (QED) is 0.272. The highest BCUT2D eigenvalue weighted by Gasteiger charge is 2.34. The Balaban J connectivity index is 2.07. The summed E-state index contributed by atoms with van der Waals surface area (Å²) in [6.45, 7) is 7.47. The average Bonchev–Trinajstić information content (AvgIpc) is 2.92. The van der Waals surface area contributed by atoms with Gasteiger partial charge >= 0.3 is 0 Å². The second kappa shape index (κ2) is 14.0. The molecule has 1 atom stereocenters. The summed E-state index contributed by atoms with van der Waals surface area (Å²) < 4.78 is 28.9. The van der Waals surface area contributed by atoms with E-state index in [0.717, 1.165) is 4.31 Å². The summed E-state index contributed by atoms with van der Waals surface area (Å²) in [4.78, 5) is 28.9. The maximum atomic E-state index is 14.1. The zero-order valence-electron chi connectivity index (χ0n) is 23.1. The van der Waals surface area contributed by atoms with Crippen molar-refractivity contribution in [2.24, 2.45) is 5.92 Å². The predicted octanol–water partition coefficient (Wildman–Crippen LogP) is 6.08. The number of aryl methyl sites for hydroxylation is 1. The Morgan fingerprint density at radius 3 is 2.20 bits per heavy atom. The normalized spacial score (nSPS) is 12.2. The van der Waals surface area contributed by atoms with E-state index in [1.165, 1.54) is 17.0 Å². The van der Waals surface area contributed by atoms with Crippen LogP contribution in [0.15, 0.2) is 77.7 Å². The van der Waals surface area contributed by atoms with Crippen molar-refractivity contribution in [3.8, 4) is 0 Å². The third-order valence-corrected chi connectivity index (χ3v) is 8.78. The van der Waals surface area contributed by atoms with E-state index in [1.807, 2.05) is 20.8 Å². The Bertz CT molecular complexity index is 1430. The van der Waals surface area contributed by atoms with E-state index in [9.17, 15) is 18.0 Å². The smallest absolute Gasteiger partial charge is 0.264 e. The summed E-state index contributed by atoms with van der Waals surface area (Å²) in [5, 5.41) is 3.69. The minimum atomic E-state index is -4.12. The van der Waals surface area contributed by atoms with Crippen LogP contribution in [0.25, 0.3) is 0 Å². The molecule has 0 saturated carbocycles. The number of sulfonamides is 1. The molecular formula is C30H35Cl2N3O4S. The molecule has 7 nitrogen and oxygen atoms in total. The van der Waals surface area contributed by atoms with Gasteiger partial charge in [0.25, 0.3) is 10.0 Å². The zero-order valence-corrected chi connectivity index (χ0v) is 25.4. The number of nitrogens with one attached hydrogen (secondary N) is 1. The molecule has 0 aliphatic carbocycles. The van der Waals surface area contributed by atoms with Crippen molar-refractivity contribution < 1.29 is 18.0 Å². The number of nitrogens with zero attached hydrogens (tertiary/aromatic N) is 2. The standard InChI is InChI=1S/C30H35Cl2N3O4S/c1-5-27(30(37)33-18-21(2)3)34(19-23-15-16-24(31)17-26(23)32)29(36)20-35(28-14-10-9-11-22(28)4)40(38,39)25-12-7-6-8-13-25/h6-17,21,27H,5,18-20H2,1-4H3,(H,33,37)/t27-/m1/s1. The molecule has 214 valence electrons. The van der Waals surface area contributed by atoms with E-state index < -0.39 is 28.5 Å². The lowest BCUT2D eigenvalue weighted by atomic mass is 10.1. The second-order valence-electron chi connectivity index (χ2n) is 9.93. The van der Waals surface area contributed by atoms with Gasteiger partial charge in [0.15, 0.2) is 0 Å². The molecule has 1 N–H and O–H groups in total. The number of halogens is 2. The third kappa shape index (κ3) is 7.77. The van der Waals surface area contributed by atoms with Crippen molar-refractivity contribution in [2.45, 2.75) is 51.6 Å². The molecule has 0 fully saturated rings. The van der Waals surface area contributed by atoms with Crippen LogP contribution in [0.4, 0.5) is 5.69 Å². The predicted molar refractivity (Wildman–Crippen MR) is 161 cm³/mol. The second-order valence-corrected chi connectivity index (χ2v) is 12.6. The van der Waals surface area contributed by atoms with Gasteiger partial charge in [0.05, 0.1) is 10.6 Å². The van der Waals surface area contributed by atoms with Crippen LogP contribution in [-0.2, 0) is 26.2 Å². The molecule has 0 aliphatic rings. The van der Waals surface area contributed by atoms with Gasteiger partial charge < -0.3 is 10.2 Å². The fourth-order valence-corrected chi connectivity index (χ4v) is 6.22. The van der Waals surface area contributed by atoms with Gasteiger partial charge in [0.1, 0.15) is 12.6 Å². The molecule has 0 aromatic heterocycles. The van der Waals surface area contributed by atoms with Crippen LogP contribution in [0.1, 0.15) is 38.3 Å². The number of para-hydroxylation sites is 1. The van der Waals surface area contributed by atoms with E-state index >= 15 is 0 Å². The largest absolute Gasteiger partial charge is 0.354 e. The van der Waals surface area contributed by atoms with Crippen LogP contribution in [0.5, 0.6) is 0 Å². The zero-order chi connectivity index (χ0) is 29.4. The van der Waals surface area contributed by atoms with Gasteiger partial charge in [-0.1, -0.05) is 86.4 Å². The number of amides is 2. The molecule has 0 saturated heterocycles. The van der Waals surface area contributed by atoms with Crippen LogP contribution in [0.3, 0.4) is 0 Å². The molecule has 2 amide bonds. The highest BCUT2D eigenvalue weighted by Crippen LogP contribution is 2.28. The average molecular weight is 605 g/mol. The molecule has 40 heavy (non-hydrogen) atoms. The fourth-order valence-electron chi connectivity index (χ4n) is 4.25. The Kier molecular flexibility index (Phi) is 11.0. The molecule has 0 heterocycles. The molecule has 0 aliphatic heterocycles. The van der Waals surface area contributed by atoms with Gasteiger partial charge in [0, 0.05) is 23.1 Å². The van der Waals surface area contributed by atoms with E-state index in [4.69, 9.17) is 23.2 Å². The summed E-state index contributed by atoms with van der Waals surface area (Å²) in [7, 11) is -4.12. The molecule has 3 aromatic carbocycles. The molecule has 3 rings (SSSR count). The van der Waals surface area contributed by atoms with E-state index in [0.29, 0.717) is 39.8 Å². The van der Waals surface area contributed by atoms with E-state index in [-0.39, 0.29) is 23.3 Å². The monoisotopic (exact) mass is 603 g/mol. The van der Waals surface area contributed by atoms with Gasteiger partial charge in [-0.3, -0.25) is 13.9 Å². The van der Waals surface area contributed by atoms with Crippen molar-refractivity contribution in [1.29, 1.82) is 0 Å². The van der Waals surface area contributed by atoms with Crippen molar-refractivity contribution in [3.05, 3.63) is 94.0 Å². The lowest BCUT2D eigenvalue weighted by molar-refractivity contribution is -0.140. The number of rotatable bonds is 12. The van der Waals surface area contributed by atoms with Crippen LogP contribution in [0, 0.1) is 12.8 Å². The number of hydrogen-bond donors (Lipinski definition) is 1. The van der Waals surface area contributed by atoms with Crippen LogP contribution >= 0.6 is 23.2 Å². The summed E-state index contributed by atoms with van der Waals surface area (Å²) in [5.41, 5.74) is 1.65. The topological polar surface area (TPSA) is 86.8 Å². The van der Waals surface area contributed by atoms with Gasteiger partial charge in [-0.05, 0) is 60.7 Å². The molecule has 10 heteroatoms. The Morgan fingerprint density at radius 2 is 1.60 bits per heavy atom. The summed E-state index contributed by atoms with van der Waals surface area (Å²) >= 11 is 12.5. The Morgan fingerprint density at radius 1 is 0.950 bits per heavy atom. The van der Waals surface area contributed by atoms with Gasteiger partial charge in [-0.25, -0.2) is 8.42 Å². The first-order valence-electron chi connectivity index (χ1n) is 13.1. The first kappa shape index (κ1) is 31.5.